The molecule has 2 heterocycles. The summed E-state index contributed by atoms with van der Waals surface area (Å²) in [5.74, 6) is -0.221. The molecule has 6 heteroatoms. The molecule has 0 aliphatic rings. The van der Waals surface area contributed by atoms with Crippen LogP contribution in [0, 0.1) is 0 Å². The average Bonchev–Trinajstić information content (AvgIpc) is 3.30. The van der Waals surface area contributed by atoms with Crippen LogP contribution in [0.25, 0.3) is 10.9 Å². The van der Waals surface area contributed by atoms with Crippen molar-refractivity contribution in [3.05, 3.63) is 77.4 Å². The summed E-state index contributed by atoms with van der Waals surface area (Å²) in [6, 6.07) is 15.3. The monoisotopic (exact) mass is 346 g/mol. The fourth-order valence-corrected chi connectivity index (χ4v) is 3.09. The number of anilines is 1. The number of hydrogen-bond acceptors (Lipinski definition) is 4. The standard InChI is InChI=1S/C19H14N4OS/c24-18(23-19-20-9-10-25-19)15-6-2-4-8-17(15)22-12-13-11-21-16-7-3-1-5-14(13)16/h1-12,21H,(H,20,23,24). The number of carbonyl (C=O) groups excluding carboxylic acids is 1. The summed E-state index contributed by atoms with van der Waals surface area (Å²) in [6.07, 6.45) is 5.34. The van der Waals surface area contributed by atoms with Gasteiger partial charge in [-0.15, -0.1) is 11.3 Å². The van der Waals surface area contributed by atoms with Crippen LogP contribution in [0.1, 0.15) is 15.9 Å². The van der Waals surface area contributed by atoms with Gasteiger partial charge in [-0.1, -0.05) is 30.3 Å². The molecule has 0 aliphatic heterocycles. The maximum Gasteiger partial charge on any atom is 0.259 e. The van der Waals surface area contributed by atoms with Crippen molar-refractivity contribution in [3.8, 4) is 0 Å². The molecular weight excluding hydrogens is 332 g/mol. The number of aromatic amines is 1. The Morgan fingerprint density at radius 2 is 2.00 bits per heavy atom. The summed E-state index contributed by atoms with van der Waals surface area (Å²) in [6.45, 7) is 0. The lowest BCUT2D eigenvalue weighted by atomic mass is 10.1. The molecule has 2 aromatic carbocycles. The van der Waals surface area contributed by atoms with E-state index in [0.29, 0.717) is 16.4 Å². The van der Waals surface area contributed by atoms with Gasteiger partial charge >= 0.3 is 0 Å². The number of thiazole rings is 1. The van der Waals surface area contributed by atoms with E-state index in [1.165, 1.54) is 11.3 Å². The predicted molar refractivity (Wildman–Crippen MR) is 102 cm³/mol. The molecule has 0 radical (unpaired) electrons. The van der Waals surface area contributed by atoms with E-state index in [9.17, 15) is 4.79 Å². The van der Waals surface area contributed by atoms with Gasteiger partial charge in [-0.2, -0.15) is 0 Å². The van der Waals surface area contributed by atoms with Gasteiger partial charge < -0.3 is 4.98 Å². The van der Waals surface area contributed by atoms with Crippen molar-refractivity contribution in [3.63, 3.8) is 0 Å². The van der Waals surface area contributed by atoms with Crippen LogP contribution in [-0.2, 0) is 0 Å². The van der Waals surface area contributed by atoms with Crippen molar-refractivity contribution in [1.29, 1.82) is 0 Å². The highest BCUT2D eigenvalue weighted by molar-refractivity contribution is 7.13. The fourth-order valence-electron chi connectivity index (χ4n) is 2.57. The molecule has 2 N–H and O–H groups in total. The molecule has 0 aliphatic carbocycles. The predicted octanol–water partition coefficient (Wildman–Crippen LogP) is 4.63. The number of hydrogen-bond donors (Lipinski definition) is 2. The number of amides is 1. The van der Waals surface area contributed by atoms with E-state index < -0.39 is 0 Å². The molecular formula is C19H14N4OS. The summed E-state index contributed by atoms with van der Waals surface area (Å²) in [7, 11) is 0. The van der Waals surface area contributed by atoms with E-state index in [4.69, 9.17) is 0 Å². The van der Waals surface area contributed by atoms with Crippen LogP contribution in [0.4, 0.5) is 10.8 Å². The lowest BCUT2D eigenvalue weighted by Gasteiger charge is -2.05. The first-order chi connectivity index (χ1) is 12.3. The summed E-state index contributed by atoms with van der Waals surface area (Å²) >= 11 is 1.38. The average molecular weight is 346 g/mol. The van der Waals surface area contributed by atoms with Crippen LogP contribution < -0.4 is 5.32 Å². The van der Waals surface area contributed by atoms with Crippen LogP contribution in [0.3, 0.4) is 0 Å². The molecule has 1 amide bonds. The number of aromatic nitrogens is 2. The Hall–Kier alpha value is -3.25. The van der Waals surface area contributed by atoms with Gasteiger partial charge in [0.2, 0.25) is 0 Å². The third kappa shape index (κ3) is 3.20. The van der Waals surface area contributed by atoms with Crippen molar-refractivity contribution < 1.29 is 4.79 Å². The van der Waals surface area contributed by atoms with E-state index in [2.05, 4.69) is 20.3 Å². The van der Waals surface area contributed by atoms with Gasteiger partial charge in [0.25, 0.3) is 5.91 Å². The molecule has 25 heavy (non-hydrogen) atoms. The Balaban J connectivity index is 1.63. The summed E-state index contributed by atoms with van der Waals surface area (Å²) in [4.78, 5) is 24.3. The van der Waals surface area contributed by atoms with Gasteiger partial charge in [0, 0.05) is 40.5 Å². The van der Waals surface area contributed by atoms with E-state index in [1.807, 2.05) is 54.0 Å². The largest absolute Gasteiger partial charge is 0.361 e. The van der Waals surface area contributed by atoms with Crippen molar-refractivity contribution in [2.75, 3.05) is 5.32 Å². The molecule has 0 saturated carbocycles. The molecule has 0 unspecified atom stereocenters. The van der Waals surface area contributed by atoms with Gasteiger partial charge in [-0.05, 0) is 18.2 Å². The molecule has 122 valence electrons. The Morgan fingerprint density at radius 1 is 1.16 bits per heavy atom. The maximum atomic E-state index is 12.5. The minimum Gasteiger partial charge on any atom is -0.361 e. The van der Waals surface area contributed by atoms with Gasteiger partial charge in [-0.25, -0.2) is 4.98 Å². The first-order valence-corrected chi connectivity index (χ1v) is 8.59. The minimum absolute atomic E-state index is 0.221. The quantitative estimate of drug-likeness (QED) is 0.529. The molecule has 2 aromatic heterocycles. The summed E-state index contributed by atoms with van der Waals surface area (Å²) in [5, 5.41) is 6.27. The minimum atomic E-state index is -0.221. The Labute approximate surface area is 148 Å². The number of nitrogens with one attached hydrogen (secondary N) is 2. The van der Waals surface area contributed by atoms with Crippen LogP contribution in [0.15, 0.2) is 71.3 Å². The number of aliphatic imine (C=N–C) groups is 1. The molecule has 0 saturated heterocycles. The highest BCUT2D eigenvalue weighted by Crippen LogP contribution is 2.22. The van der Waals surface area contributed by atoms with Crippen molar-refractivity contribution in [1.82, 2.24) is 9.97 Å². The number of H-pyrrole nitrogens is 1. The smallest absolute Gasteiger partial charge is 0.259 e. The van der Waals surface area contributed by atoms with Crippen molar-refractivity contribution >= 4 is 45.2 Å². The highest BCUT2D eigenvalue weighted by Gasteiger charge is 2.11. The third-order valence-corrected chi connectivity index (χ3v) is 4.45. The number of para-hydroxylation sites is 2. The number of fused-ring (bicyclic) bond motifs is 1. The number of benzene rings is 2. The summed E-state index contributed by atoms with van der Waals surface area (Å²) < 4.78 is 0. The fraction of sp³-hybridized carbons (Fsp3) is 0. The zero-order chi connectivity index (χ0) is 17.1. The Kier molecular flexibility index (Phi) is 4.10. The molecule has 0 fully saturated rings. The Morgan fingerprint density at radius 3 is 2.88 bits per heavy atom. The zero-order valence-corrected chi connectivity index (χ0v) is 14.0. The molecule has 0 bridgehead atoms. The lowest BCUT2D eigenvalue weighted by Crippen LogP contribution is -2.11. The first-order valence-electron chi connectivity index (χ1n) is 7.71. The van der Waals surface area contributed by atoms with Crippen LogP contribution in [-0.4, -0.2) is 22.1 Å². The molecule has 0 atom stereocenters. The number of carbonyl (C=O) groups is 1. The first kappa shape index (κ1) is 15.3. The molecule has 0 spiro atoms. The van der Waals surface area contributed by atoms with Crippen molar-refractivity contribution in [2.24, 2.45) is 4.99 Å². The molecule has 4 rings (SSSR count). The van der Waals surface area contributed by atoms with E-state index in [1.54, 1.807) is 18.5 Å². The van der Waals surface area contributed by atoms with E-state index in [0.717, 1.165) is 16.5 Å². The van der Waals surface area contributed by atoms with E-state index >= 15 is 0 Å². The van der Waals surface area contributed by atoms with Gasteiger partial charge in [-0.3, -0.25) is 15.1 Å². The van der Waals surface area contributed by atoms with E-state index in [-0.39, 0.29) is 5.91 Å². The normalized spacial score (nSPS) is 11.2. The second-order valence-corrected chi connectivity index (χ2v) is 6.25. The summed E-state index contributed by atoms with van der Waals surface area (Å²) in [5.41, 5.74) is 3.15. The van der Waals surface area contributed by atoms with Crippen LogP contribution >= 0.6 is 11.3 Å². The molecule has 4 aromatic rings. The lowest BCUT2D eigenvalue weighted by molar-refractivity contribution is 0.102. The second kappa shape index (κ2) is 6.70. The molecule has 5 nitrogen and oxygen atoms in total. The van der Waals surface area contributed by atoms with Gasteiger partial charge in [0.15, 0.2) is 5.13 Å². The number of rotatable bonds is 4. The van der Waals surface area contributed by atoms with Crippen LogP contribution in [0.2, 0.25) is 0 Å². The third-order valence-electron chi connectivity index (χ3n) is 3.77. The van der Waals surface area contributed by atoms with Crippen LogP contribution in [0.5, 0.6) is 0 Å². The van der Waals surface area contributed by atoms with Crippen molar-refractivity contribution in [2.45, 2.75) is 0 Å². The van der Waals surface area contributed by atoms with Gasteiger partial charge in [0.1, 0.15) is 0 Å². The number of nitrogens with zero attached hydrogens (tertiary/aromatic N) is 2. The maximum absolute atomic E-state index is 12.5. The topological polar surface area (TPSA) is 70.1 Å². The highest BCUT2D eigenvalue weighted by atomic mass is 32.1. The SMILES string of the molecule is O=C(Nc1nccs1)c1ccccc1N=Cc1c[nH]c2ccccc12. The zero-order valence-electron chi connectivity index (χ0n) is 13.1. The van der Waals surface area contributed by atoms with Gasteiger partial charge in [0.05, 0.1) is 11.3 Å². The second-order valence-electron chi connectivity index (χ2n) is 5.36. The Bertz CT molecular complexity index is 1050.